The molecule has 3 nitrogen and oxygen atoms in total. The Balaban J connectivity index is 2.89. The van der Waals surface area contributed by atoms with E-state index in [0.717, 1.165) is 0 Å². The normalized spacial score (nSPS) is 9.93. The maximum absolute atomic E-state index is 11.8. The molecule has 0 fully saturated rings. The molecule has 0 aliphatic rings. The smallest absolute Gasteiger partial charge is 0.267 e. The molecule has 3 heteroatoms. The Hall–Kier alpha value is -1.61. The topological polar surface area (TPSA) is 23.6 Å². The molecule has 0 atom stereocenters. The van der Waals surface area contributed by atoms with Crippen molar-refractivity contribution in [2.45, 2.75) is 0 Å². The summed E-state index contributed by atoms with van der Waals surface area (Å²) in [7, 11) is 3.59. The number of hydrogen-bond donors (Lipinski definition) is 0. The average Bonchev–Trinajstić information content (AvgIpc) is 2.19. The molecule has 0 N–H and O–H groups in total. The van der Waals surface area contributed by atoms with Crippen LogP contribution in [0.25, 0.3) is 0 Å². The van der Waals surface area contributed by atoms with Crippen LogP contribution in [0.1, 0.15) is 10.4 Å². The first-order chi connectivity index (χ1) is 6.66. The third-order valence-electron chi connectivity index (χ3n) is 1.83. The molecule has 1 aromatic rings. The molecular weight excluding hydrogens is 176 g/mol. The zero-order valence-corrected chi connectivity index (χ0v) is 8.47. The monoisotopic (exact) mass is 190 g/mol. The molecule has 1 aromatic carbocycles. The zero-order chi connectivity index (χ0) is 10.6. The van der Waals surface area contributed by atoms with Gasteiger partial charge in [0.1, 0.15) is 0 Å². The number of rotatable bonds is 3. The van der Waals surface area contributed by atoms with Crippen LogP contribution in [0, 0.1) is 0 Å². The molecule has 0 aromatic heterocycles. The molecular formula is C11H14N2O. The molecule has 0 aliphatic carbocycles. The van der Waals surface area contributed by atoms with Crippen LogP contribution in [-0.2, 0) is 0 Å². The van der Waals surface area contributed by atoms with Gasteiger partial charge in [0.25, 0.3) is 5.91 Å². The first-order valence-corrected chi connectivity index (χ1v) is 4.35. The summed E-state index contributed by atoms with van der Waals surface area (Å²) in [5.41, 5.74) is 0.654. The molecule has 1 rings (SSSR count). The van der Waals surface area contributed by atoms with Gasteiger partial charge in [0.05, 0.1) is 0 Å². The van der Waals surface area contributed by atoms with Gasteiger partial charge in [0.15, 0.2) is 0 Å². The van der Waals surface area contributed by atoms with E-state index in [-0.39, 0.29) is 5.91 Å². The zero-order valence-electron chi connectivity index (χ0n) is 8.47. The van der Waals surface area contributed by atoms with Crippen molar-refractivity contribution in [3.8, 4) is 0 Å². The third kappa shape index (κ3) is 2.20. The van der Waals surface area contributed by atoms with E-state index in [1.54, 1.807) is 31.2 Å². The van der Waals surface area contributed by atoms with Crippen molar-refractivity contribution in [3.63, 3.8) is 0 Å². The molecule has 0 bridgehead atoms. The molecule has 0 saturated heterocycles. The Morgan fingerprint density at radius 1 is 1.29 bits per heavy atom. The van der Waals surface area contributed by atoms with Crippen molar-refractivity contribution < 1.29 is 4.79 Å². The number of carbonyl (C=O) groups excluding carboxylic acids is 1. The van der Waals surface area contributed by atoms with E-state index in [0.29, 0.717) is 5.56 Å². The van der Waals surface area contributed by atoms with Gasteiger partial charge in [-0.15, -0.1) is 0 Å². The second-order valence-corrected chi connectivity index (χ2v) is 3.05. The molecule has 0 spiro atoms. The summed E-state index contributed by atoms with van der Waals surface area (Å²) in [5.74, 6) is -0.0781. The van der Waals surface area contributed by atoms with Crippen LogP contribution in [0.5, 0.6) is 0 Å². The maximum Gasteiger partial charge on any atom is 0.272 e. The highest BCUT2D eigenvalue weighted by molar-refractivity contribution is 5.94. The summed E-state index contributed by atoms with van der Waals surface area (Å²) in [6.45, 7) is 3.59. The predicted molar refractivity (Wildman–Crippen MR) is 56.5 cm³/mol. The molecule has 0 heterocycles. The van der Waals surface area contributed by atoms with Gasteiger partial charge in [-0.25, -0.2) is 10.0 Å². The minimum Gasteiger partial charge on any atom is -0.267 e. The highest BCUT2D eigenvalue weighted by Crippen LogP contribution is 2.05. The van der Waals surface area contributed by atoms with Crippen LogP contribution in [0.3, 0.4) is 0 Å². The Morgan fingerprint density at radius 2 is 1.86 bits per heavy atom. The molecule has 1 amide bonds. The summed E-state index contributed by atoms with van der Waals surface area (Å²) in [4.78, 5) is 11.8. The van der Waals surface area contributed by atoms with Crippen LogP contribution in [0.4, 0.5) is 0 Å². The summed E-state index contributed by atoms with van der Waals surface area (Å²) < 4.78 is 0. The lowest BCUT2D eigenvalue weighted by Gasteiger charge is -2.24. The predicted octanol–water partition coefficient (Wildman–Crippen LogP) is 1.75. The minimum absolute atomic E-state index is 0.0781. The molecule has 0 radical (unpaired) electrons. The summed E-state index contributed by atoms with van der Waals surface area (Å²) in [5, 5.41) is 3.14. The molecule has 0 saturated carbocycles. The van der Waals surface area contributed by atoms with Gasteiger partial charge in [0, 0.05) is 25.9 Å². The van der Waals surface area contributed by atoms with E-state index in [9.17, 15) is 4.79 Å². The van der Waals surface area contributed by atoms with Crippen molar-refractivity contribution in [1.29, 1.82) is 0 Å². The lowest BCUT2D eigenvalue weighted by molar-refractivity contribution is 0.0444. The lowest BCUT2D eigenvalue weighted by Crippen LogP contribution is -2.37. The van der Waals surface area contributed by atoms with E-state index >= 15 is 0 Å². The fourth-order valence-corrected chi connectivity index (χ4v) is 1.14. The van der Waals surface area contributed by atoms with E-state index in [2.05, 4.69) is 6.58 Å². The Labute approximate surface area is 84.2 Å². The molecule has 14 heavy (non-hydrogen) atoms. The summed E-state index contributed by atoms with van der Waals surface area (Å²) in [6.07, 6.45) is 1.50. The van der Waals surface area contributed by atoms with Gasteiger partial charge in [-0.1, -0.05) is 24.8 Å². The second-order valence-electron chi connectivity index (χ2n) is 3.05. The van der Waals surface area contributed by atoms with Gasteiger partial charge in [0.2, 0.25) is 0 Å². The van der Waals surface area contributed by atoms with Crippen molar-refractivity contribution in [2.75, 3.05) is 14.1 Å². The number of benzene rings is 1. The van der Waals surface area contributed by atoms with E-state index in [1.807, 2.05) is 18.2 Å². The first-order valence-electron chi connectivity index (χ1n) is 4.35. The highest BCUT2D eigenvalue weighted by Gasteiger charge is 2.13. The van der Waals surface area contributed by atoms with Gasteiger partial charge in [-0.3, -0.25) is 4.79 Å². The van der Waals surface area contributed by atoms with Crippen LogP contribution in [-0.4, -0.2) is 30.0 Å². The SMILES string of the molecule is C=CN(C(=O)c1ccccc1)N(C)C. The Morgan fingerprint density at radius 3 is 2.29 bits per heavy atom. The quantitative estimate of drug-likeness (QED) is 0.678. The Bertz CT molecular complexity index is 319. The van der Waals surface area contributed by atoms with Gasteiger partial charge in [-0.05, 0) is 12.1 Å². The van der Waals surface area contributed by atoms with E-state index in [1.165, 1.54) is 11.2 Å². The first kappa shape index (κ1) is 10.5. The van der Waals surface area contributed by atoms with Crippen LogP contribution in [0.15, 0.2) is 43.1 Å². The number of hydrogen-bond acceptors (Lipinski definition) is 2. The molecule has 0 aliphatic heterocycles. The fraction of sp³-hybridized carbons (Fsp3) is 0.182. The Kier molecular flexibility index (Phi) is 3.42. The van der Waals surface area contributed by atoms with Gasteiger partial charge >= 0.3 is 0 Å². The van der Waals surface area contributed by atoms with Crippen LogP contribution >= 0.6 is 0 Å². The standard InChI is InChI=1S/C11H14N2O/c1-4-13(12(2)3)11(14)10-8-6-5-7-9-10/h4-9H,1H2,2-3H3. The maximum atomic E-state index is 11.8. The van der Waals surface area contributed by atoms with Crippen LogP contribution in [0.2, 0.25) is 0 Å². The summed E-state index contributed by atoms with van der Waals surface area (Å²) in [6, 6.07) is 9.11. The number of hydrazine groups is 1. The van der Waals surface area contributed by atoms with Crippen molar-refractivity contribution in [3.05, 3.63) is 48.7 Å². The minimum atomic E-state index is -0.0781. The summed E-state index contributed by atoms with van der Waals surface area (Å²) >= 11 is 0. The number of carbonyl (C=O) groups is 1. The van der Waals surface area contributed by atoms with Crippen molar-refractivity contribution >= 4 is 5.91 Å². The molecule has 0 unspecified atom stereocenters. The largest absolute Gasteiger partial charge is 0.272 e. The lowest BCUT2D eigenvalue weighted by atomic mass is 10.2. The number of amides is 1. The van der Waals surface area contributed by atoms with E-state index < -0.39 is 0 Å². The number of nitrogens with zero attached hydrogens (tertiary/aromatic N) is 2. The van der Waals surface area contributed by atoms with E-state index in [4.69, 9.17) is 0 Å². The highest BCUT2D eigenvalue weighted by atomic mass is 16.2. The van der Waals surface area contributed by atoms with Gasteiger partial charge in [-0.2, -0.15) is 0 Å². The van der Waals surface area contributed by atoms with Crippen molar-refractivity contribution in [2.24, 2.45) is 0 Å². The van der Waals surface area contributed by atoms with Gasteiger partial charge < -0.3 is 0 Å². The third-order valence-corrected chi connectivity index (χ3v) is 1.83. The van der Waals surface area contributed by atoms with Crippen LogP contribution < -0.4 is 0 Å². The van der Waals surface area contributed by atoms with Crippen molar-refractivity contribution in [1.82, 2.24) is 10.0 Å². The second kappa shape index (κ2) is 4.58. The fourth-order valence-electron chi connectivity index (χ4n) is 1.14. The molecule has 74 valence electrons. The average molecular weight is 190 g/mol.